The van der Waals surface area contributed by atoms with Gasteiger partial charge in [-0.05, 0) is 24.6 Å². The van der Waals surface area contributed by atoms with Crippen LogP contribution in [-0.2, 0) is 9.84 Å². The van der Waals surface area contributed by atoms with Crippen LogP contribution in [0.1, 0.15) is 16.8 Å². The molecular formula is C12H16O5S. The Morgan fingerprint density at radius 1 is 1.33 bits per heavy atom. The molecule has 6 heteroatoms. The van der Waals surface area contributed by atoms with Crippen molar-refractivity contribution in [3.8, 4) is 11.5 Å². The average Bonchev–Trinajstić information content (AvgIpc) is 2.33. The molecule has 0 atom stereocenters. The monoisotopic (exact) mass is 272 g/mol. The molecule has 0 saturated heterocycles. The molecule has 1 aromatic carbocycles. The van der Waals surface area contributed by atoms with Crippen molar-refractivity contribution in [1.82, 2.24) is 0 Å². The third kappa shape index (κ3) is 4.75. The molecule has 0 fully saturated rings. The second-order valence-corrected chi connectivity index (χ2v) is 6.11. The number of hydrogen-bond donors (Lipinski definition) is 0. The summed E-state index contributed by atoms with van der Waals surface area (Å²) in [5, 5.41) is 0. The number of carbonyl (C=O) groups excluding carboxylic acids is 1. The van der Waals surface area contributed by atoms with E-state index in [2.05, 4.69) is 0 Å². The van der Waals surface area contributed by atoms with Gasteiger partial charge in [0.1, 0.15) is 21.3 Å². The van der Waals surface area contributed by atoms with Crippen LogP contribution in [0, 0.1) is 0 Å². The van der Waals surface area contributed by atoms with Crippen LogP contribution in [0.5, 0.6) is 11.5 Å². The Hall–Kier alpha value is -1.56. The van der Waals surface area contributed by atoms with Gasteiger partial charge in [-0.3, -0.25) is 4.79 Å². The van der Waals surface area contributed by atoms with E-state index in [9.17, 15) is 13.2 Å². The SMILES string of the molecule is COc1ccc(OCCCS(C)(=O)=O)c(C=O)c1. The maximum absolute atomic E-state index is 10.9. The predicted octanol–water partition coefficient (Wildman–Crippen LogP) is 1.32. The summed E-state index contributed by atoms with van der Waals surface area (Å²) in [6.07, 6.45) is 2.24. The molecule has 0 unspecified atom stereocenters. The van der Waals surface area contributed by atoms with Gasteiger partial charge in [-0.2, -0.15) is 0 Å². The summed E-state index contributed by atoms with van der Waals surface area (Å²) in [6.45, 7) is 0.250. The summed E-state index contributed by atoms with van der Waals surface area (Å²) in [4.78, 5) is 10.9. The van der Waals surface area contributed by atoms with E-state index in [0.29, 0.717) is 29.8 Å². The molecule has 5 nitrogen and oxygen atoms in total. The third-order valence-electron chi connectivity index (χ3n) is 2.26. The average molecular weight is 272 g/mol. The highest BCUT2D eigenvalue weighted by Gasteiger charge is 2.06. The first-order valence-electron chi connectivity index (χ1n) is 5.40. The van der Waals surface area contributed by atoms with E-state index in [1.165, 1.54) is 13.4 Å². The van der Waals surface area contributed by atoms with Gasteiger partial charge in [-0.1, -0.05) is 0 Å². The normalized spacial score (nSPS) is 11.0. The molecular weight excluding hydrogens is 256 g/mol. The Morgan fingerprint density at radius 3 is 2.61 bits per heavy atom. The molecule has 0 N–H and O–H groups in total. The van der Waals surface area contributed by atoms with Gasteiger partial charge in [-0.15, -0.1) is 0 Å². The van der Waals surface area contributed by atoms with Gasteiger partial charge in [0.15, 0.2) is 6.29 Å². The minimum atomic E-state index is -2.97. The molecule has 1 aromatic rings. The second kappa shape index (κ2) is 6.39. The first kappa shape index (κ1) is 14.5. The van der Waals surface area contributed by atoms with E-state index in [1.54, 1.807) is 18.2 Å². The molecule has 0 bridgehead atoms. The molecule has 0 radical (unpaired) electrons. The van der Waals surface area contributed by atoms with Crippen LogP contribution in [-0.4, -0.2) is 40.4 Å². The Morgan fingerprint density at radius 2 is 2.06 bits per heavy atom. The summed E-state index contributed by atoms with van der Waals surface area (Å²) in [6, 6.07) is 4.88. The van der Waals surface area contributed by atoms with Gasteiger partial charge in [0.2, 0.25) is 0 Å². The van der Waals surface area contributed by atoms with Crippen molar-refractivity contribution >= 4 is 16.1 Å². The minimum Gasteiger partial charge on any atom is -0.497 e. The van der Waals surface area contributed by atoms with Crippen molar-refractivity contribution in [3.05, 3.63) is 23.8 Å². The molecule has 100 valence electrons. The molecule has 0 heterocycles. The maximum atomic E-state index is 10.9. The Bertz CT molecular complexity index is 507. The van der Waals surface area contributed by atoms with E-state index in [4.69, 9.17) is 9.47 Å². The standard InChI is InChI=1S/C12H16O5S/c1-16-11-4-5-12(10(8-11)9-13)17-6-3-7-18(2,14)15/h4-5,8-9H,3,6-7H2,1-2H3. The first-order valence-corrected chi connectivity index (χ1v) is 7.46. The summed E-state index contributed by atoms with van der Waals surface area (Å²) >= 11 is 0. The fourth-order valence-electron chi connectivity index (χ4n) is 1.38. The van der Waals surface area contributed by atoms with Gasteiger partial charge < -0.3 is 9.47 Å². The lowest BCUT2D eigenvalue weighted by Crippen LogP contribution is -2.08. The largest absolute Gasteiger partial charge is 0.497 e. The molecule has 18 heavy (non-hydrogen) atoms. The number of benzene rings is 1. The van der Waals surface area contributed by atoms with E-state index < -0.39 is 9.84 Å². The number of rotatable bonds is 7. The second-order valence-electron chi connectivity index (χ2n) is 3.85. The number of aldehydes is 1. The quantitative estimate of drug-likeness (QED) is 0.553. The molecule has 0 aliphatic rings. The van der Waals surface area contributed by atoms with E-state index in [1.807, 2.05) is 0 Å². The van der Waals surface area contributed by atoms with Crippen molar-refractivity contribution in [3.63, 3.8) is 0 Å². The fourth-order valence-corrected chi connectivity index (χ4v) is 2.02. The Labute approximate surface area is 107 Å². The molecule has 0 spiro atoms. The topological polar surface area (TPSA) is 69.7 Å². The predicted molar refractivity (Wildman–Crippen MR) is 68.2 cm³/mol. The number of ether oxygens (including phenoxy) is 2. The van der Waals surface area contributed by atoms with Crippen molar-refractivity contribution in [2.75, 3.05) is 25.7 Å². The zero-order chi connectivity index (χ0) is 13.6. The van der Waals surface area contributed by atoms with Crippen LogP contribution in [0.25, 0.3) is 0 Å². The van der Waals surface area contributed by atoms with Crippen molar-refractivity contribution in [2.24, 2.45) is 0 Å². The molecule has 0 aliphatic heterocycles. The molecule has 0 aliphatic carbocycles. The highest BCUT2D eigenvalue weighted by atomic mass is 32.2. The van der Waals surface area contributed by atoms with Gasteiger partial charge in [0.05, 0.1) is 25.0 Å². The summed E-state index contributed by atoms with van der Waals surface area (Å²) in [5.74, 6) is 1.07. The summed E-state index contributed by atoms with van der Waals surface area (Å²) in [5.41, 5.74) is 0.383. The zero-order valence-electron chi connectivity index (χ0n) is 10.4. The van der Waals surface area contributed by atoms with Crippen LogP contribution < -0.4 is 9.47 Å². The molecule has 0 aromatic heterocycles. The van der Waals surface area contributed by atoms with Crippen molar-refractivity contribution in [2.45, 2.75) is 6.42 Å². The van der Waals surface area contributed by atoms with Gasteiger partial charge >= 0.3 is 0 Å². The molecule has 0 amide bonds. The summed E-state index contributed by atoms with van der Waals surface area (Å²) in [7, 11) is -1.46. The highest BCUT2D eigenvalue weighted by Crippen LogP contribution is 2.22. The number of carbonyl (C=O) groups is 1. The van der Waals surface area contributed by atoms with Gasteiger partial charge in [0.25, 0.3) is 0 Å². The third-order valence-corrected chi connectivity index (χ3v) is 3.29. The number of hydrogen-bond acceptors (Lipinski definition) is 5. The summed E-state index contributed by atoms with van der Waals surface area (Å²) < 4.78 is 32.2. The fraction of sp³-hybridized carbons (Fsp3) is 0.417. The lowest BCUT2D eigenvalue weighted by molar-refractivity contribution is 0.111. The van der Waals surface area contributed by atoms with E-state index >= 15 is 0 Å². The van der Waals surface area contributed by atoms with Crippen LogP contribution >= 0.6 is 0 Å². The number of methoxy groups -OCH3 is 1. The zero-order valence-corrected chi connectivity index (χ0v) is 11.2. The highest BCUT2D eigenvalue weighted by molar-refractivity contribution is 7.90. The van der Waals surface area contributed by atoms with Crippen LogP contribution in [0.2, 0.25) is 0 Å². The van der Waals surface area contributed by atoms with Crippen LogP contribution in [0.3, 0.4) is 0 Å². The minimum absolute atomic E-state index is 0.0690. The van der Waals surface area contributed by atoms with E-state index in [0.717, 1.165) is 0 Å². The molecule has 0 saturated carbocycles. The lowest BCUT2D eigenvalue weighted by Gasteiger charge is -2.09. The van der Waals surface area contributed by atoms with Crippen molar-refractivity contribution in [1.29, 1.82) is 0 Å². The first-order chi connectivity index (χ1) is 8.46. The maximum Gasteiger partial charge on any atom is 0.153 e. The van der Waals surface area contributed by atoms with Gasteiger partial charge in [-0.25, -0.2) is 8.42 Å². The number of sulfone groups is 1. The van der Waals surface area contributed by atoms with Gasteiger partial charge in [0, 0.05) is 6.26 Å². The lowest BCUT2D eigenvalue weighted by atomic mass is 10.2. The van der Waals surface area contributed by atoms with Crippen LogP contribution in [0.4, 0.5) is 0 Å². The van der Waals surface area contributed by atoms with Crippen molar-refractivity contribution < 1.29 is 22.7 Å². The van der Waals surface area contributed by atoms with Crippen LogP contribution in [0.15, 0.2) is 18.2 Å². The van der Waals surface area contributed by atoms with E-state index in [-0.39, 0.29) is 12.4 Å². The smallest absolute Gasteiger partial charge is 0.153 e. The Balaban J connectivity index is 2.59. The molecule has 1 rings (SSSR count). The Kier molecular flexibility index (Phi) is 5.15.